The summed E-state index contributed by atoms with van der Waals surface area (Å²) in [4.78, 5) is 8.00. The van der Waals surface area contributed by atoms with Gasteiger partial charge in [0.25, 0.3) is 0 Å². The van der Waals surface area contributed by atoms with E-state index in [9.17, 15) is 0 Å². The zero-order chi connectivity index (χ0) is 8.53. The first kappa shape index (κ1) is 9.69. The van der Waals surface area contributed by atoms with E-state index < -0.39 is 0 Å². The Morgan fingerprint density at radius 2 is 1.82 bits per heavy atom. The third-order valence-electron chi connectivity index (χ3n) is 1.05. The van der Waals surface area contributed by atoms with E-state index in [1.807, 2.05) is 44.0 Å². The molecule has 0 aliphatic heterocycles. The first-order valence-electron chi connectivity index (χ1n) is 3.40. The van der Waals surface area contributed by atoms with Crippen molar-refractivity contribution >= 4 is 6.79 Å². The third kappa shape index (κ3) is 4.14. The van der Waals surface area contributed by atoms with Crippen LogP contribution in [0, 0.1) is 0 Å². The smallest absolute Gasteiger partial charge is 0.119 e. The van der Waals surface area contributed by atoms with Crippen molar-refractivity contribution in [2.45, 2.75) is 6.92 Å². The van der Waals surface area contributed by atoms with E-state index in [0.717, 1.165) is 12.4 Å². The summed E-state index contributed by atoms with van der Waals surface area (Å²) in [6.07, 6.45) is 0. The van der Waals surface area contributed by atoms with Crippen LogP contribution in [-0.4, -0.2) is 13.4 Å². The molecule has 2 nitrogen and oxygen atoms in total. The molecule has 0 atom stereocenters. The number of hydrogen-bond acceptors (Lipinski definition) is 2. The van der Waals surface area contributed by atoms with Crippen LogP contribution < -0.4 is 4.74 Å². The minimum Gasteiger partial charge on any atom is -0.494 e. The Morgan fingerprint density at radius 3 is 2.27 bits per heavy atom. The van der Waals surface area contributed by atoms with Gasteiger partial charge in [0, 0.05) is 0 Å². The monoisotopic (exact) mass is 152 g/mol. The van der Waals surface area contributed by atoms with E-state index >= 15 is 0 Å². The van der Waals surface area contributed by atoms with E-state index in [2.05, 4.69) is 0 Å². The predicted molar refractivity (Wildman–Crippen MR) is 44.7 cm³/mol. The number of carbonyl (C=O) groups is 1. The zero-order valence-corrected chi connectivity index (χ0v) is 6.62. The van der Waals surface area contributed by atoms with Gasteiger partial charge in [-0.3, -0.25) is 0 Å². The van der Waals surface area contributed by atoms with Gasteiger partial charge in [-0.25, -0.2) is 0 Å². The van der Waals surface area contributed by atoms with Crippen molar-refractivity contribution in [2.75, 3.05) is 6.61 Å². The van der Waals surface area contributed by atoms with Gasteiger partial charge in [-0.2, -0.15) is 0 Å². The minimum absolute atomic E-state index is 0.740. The highest BCUT2D eigenvalue weighted by Crippen LogP contribution is 2.06. The summed E-state index contributed by atoms with van der Waals surface area (Å²) >= 11 is 0. The molecule has 2 heteroatoms. The van der Waals surface area contributed by atoms with Crippen LogP contribution in [0.25, 0.3) is 0 Å². The maximum absolute atomic E-state index is 8.00. The summed E-state index contributed by atoms with van der Waals surface area (Å²) in [5.41, 5.74) is 0. The molecule has 0 unspecified atom stereocenters. The summed E-state index contributed by atoms with van der Waals surface area (Å²) < 4.78 is 5.21. The van der Waals surface area contributed by atoms with Crippen LogP contribution in [0.1, 0.15) is 6.92 Å². The first-order valence-corrected chi connectivity index (χ1v) is 3.40. The Labute approximate surface area is 66.8 Å². The molecule has 1 aromatic carbocycles. The largest absolute Gasteiger partial charge is 0.494 e. The van der Waals surface area contributed by atoms with Gasteiger partial charge in [-0.15, -0.1) is 0 Å². The second kappa shape index (κ2) is 6.81. The van der Waals surface area contributed by atoms with Gasteiger partial charge in [-0.05, 0) is 19.1 Å². The summed E-state index contributed by atoms with van der Waals surface area (Å²) in [5.74, 6) is 0.944. The normalized spacial score (nSPS) is 7.73. The first-order chi connectivity index (χ1) is 5.43. The molecule has 1 rings (SSSR count). The molecule has 0 bridgehead atoms. The molecule has 0 aromatic heterocycles. The molecule has 0 saturated heterocycles. The highest BCUT2D eigenvalue weighted by atomic mass is 16.5. The van der Waals surface area contributed by atoms with Crippen molar-refractivity contribution in [3.05, 3.63) is 30.3 Å². The second-order valence-electron chi connectivity index (χ2n) is 1.75. The summed E-state index contributed by atoms with van der Waals surface area (Å²) in [7, 11) is 0. The summed E-state index contributed by atoms with van der Waals surface area (Å²) in [5, 5.41) is 0. The van der Waals surface area contributed by atoms with Gasteiger partial charge in [0.2, 0.25) is 0 Å². The molecular weight excluding hydrogens is 140 g/mol. The van der Waals surface area contributed by atoms with Crippen molar-refractivity contribution in [3.63, 3.8) is 0 Å². The Kier molecular flexibility index (Phi) is 5.99. The molecular formula is C9H12O2. The lowest BCUT2D eigenvalue weighted by atomic mass is 10.3. The lowest BCUT2D eigenvalue weighted by molar-refractivity contribution is -0.0979. The van der Waals surface area contributed by atoms with E-state index in [1.165, 1.54) is 0 Å². The van der Waals surface area contributed by atoms with Gasteiger partial charge in [0.15, 0.2) is 0 Å². The lowest BCUT2D eigenvalue weighted by Crippen LogP contribution is -1.89. The Morgan fingerprint density at radius 1 is 1.27 bits per heavy atom. The van der Waals surface area contributed by atoms with Crippen molar-refractivity contribution in [1.82, 2.24) is 0 Å². The van der Waals surface area contributed by atoms with Crippen LogP contribution in [-0.2, 0) is 4.79 Å². The minimum atomic E-state index is 0.740. The zero-order valence-electron chi connectivity index (χ0n) is 6.62. The molecule has 0 radical (unpaired) electrons. The molecule has 0 saturated carbocycles. The summed E-state index contributed by atoms with van der Waals surface area (Å²) in [6, 6.07) is 9.80. The predicted octanol–water partition coefficient (Wildman–Crippen LogP) is 1.90. The number of benzene rings is 1. The van der Waals surface area contributed by atoms with Crippen molar-refractivity contribution in [3.8, 4) is 5.75 Å². The van der Waals surface area contributed by atoms with Gasteiger partial charge in [0.05, 0.1) is 6.61 Å². The van der Waals surface area contributed by atoms with Crippen LogP contribution in [0.15, 0.2) is 30.3 Å². The van der Waals surface area contributed by atoms with Gasteiger partial charge in [0.1, 0.15) is 12.5 Å². The van der Waals surface area contributed by atoms with Crippen molar-refractivity contribution in [1.29, 1.82) is 0 Å². The fraction of sp³-hybridized carbons (Fsp3) is 0.222. The molecule has 0 N–H and O–H groups in total. The van der Waals surface area contributed by atoms with Crippen molar-refractivity contribution < 1.29 is 9.53 Å². The van der Waals surface area contributed by atoms with Crippen LogP contribution in [0.4, 0.5) is 0 Å². The van der Waals surface area contributed by atoms with Gasteiger partial charge < -0.3 is 9.53 Å². The molecule has 0 heterocycles. The topological polar surface area (TPSA) is 26.3 Å². The molecule has 1 aromatic rings. The average Bonchev–Trinajstić information content (AvgIpc) is 2.11. The van der Waals surface area contributed by atoms with Crippen LogP contribution in [0.3, 0.4) is 0 Å². The van der Waals surface area contributed by atoms with Crippen molar-refractivity contribution in [2.24, 2.45) is 0 Å². The highest BCUT2D eigenvalue weighted by molar-refractivity contribution is 5.20. The fourth-order valence-electron chi connectivity index (χ4n) is 0.683. The number of carbonyl (C=O) groups excluding carboxylic acids is 1. The Bertz CT molecular complexity index is 172. The number of para-hydroxylation sites is 1. The SMILES string of the molecule is C=O.CCOc1ccccc1. The maximum atomic E-state index is 8.00. The molecule has 0 spiro atoms. The van der Waals surface area contributed by atoms with E-state index in [1.54, 1.807) is 0 Å². The Hall–Kier alpha value is -1.31. The highest BCUT2D eigenvalue weighted by Gasteiger charge is 1.83. The van der Waals surface area contributed by atoms with Gasteiger partial charge >= 0.3 is 0 Å². The van der Waals surface area contributed by atoms with Crippen LogP contribution >= 0.6 is 0 Å². The molecule has 11 heavy (non-hydrogen) atoms. The number of hydrogen-bond donors (Lipinski definition) is 0. The van der Waals surface area contributed by atoms with E-state index in [-0.39, 0.29) is 0 Å². The average molecular weight is 152 g/mol. The van der Waals surface area contributed by atoms with Crippen LogP contribution in [0.2, 0.25) is 0 Å². The third-order valence-corrected chi connectivity index (χ3v) is 1.05. The Balaban J connectivity index is 0.000000461. The number of rotatable bonds is 2. The molecule has 0 fully saturated rings. The molecule has 0 aliphatic rings. The quantitative estimate of drug-likeness (QED) is 0.647. The molecule has 60 valence electrons. The molecule has 0 aliphatic carbocycles. The summed E-state index contributed by atoms with van der Waals surface area (Å²) in [6.45, 7) is 4.72. The fourth-order valence-corrected chi connectivity index (χ4v) is 0.683. The van der Waals surface area contributed by atoms with Gasteiger partial charge in [-0.1, -0.05) is 18.2 Å². The standard InChI is InChI=1S/C8H10O.CH2O/c1-2-9-8-6-4-3-5-7-8;1-2/h3-7H,2H2,1H3;1H2. The lowest BCUT2D eigenvalue weighted by Gasteiger charge is -1.99. The van der Waals surface area contributed by atoms with Crippen LogP contribution in [0.5, 0.6) is 5.75 Å². The van der Waals surface area contributed by atoms with E-state index in [0.29, 0.717) is 0 Å². The molecule has 0 amide bonds. The maximum Gasteiger partial charge on any atom is 0.119 e. The van der Waals surface area contributed by atoms with E-state index in [4.69, 9.17) is 9.53 Å². The number of ether oxygens (including phenoxy) is 1. The second-order valence-corrected chi connectivity index (χ2v) is 1.75.